The van der Waals surface area contributed by atoms with E-state index in [-0.39, 0.29) is 5.56 Å². The van der Waals surface area contributed by atoms with Gasteiger partial charge in [0.1, 0.15) is 0 Å². The summed E-state index contributed by atoms with van der Waals surface area (Å²) in [5.74, 6) is 0.418. The van der Waals surface area contributed by atoms with Crippen LogP contribution in [0.2, 0.25) is 0 Å². The number of rotatable bonds is 1. The zero-order chi connectivity index (χ0) is 8.39. The molecule has 0 aromatic carbocycles. The fourth-order valence-electron chi connectivity index (χ4n) is 0.881. The summed E-state index contributed by atoms with van der Waals surface area (Å²) in [6, 6.07) is 3.11. The molecule has 5 heteroatoms. The second kappa shape index (κ2) is 2.61. The minimum Gasteiger partial charge on any atom is -0.342 e. The minimum atomic E-state index is -0.183. The van der Waals surface area contributed by atoms with Crippen LogP contribution in [0, 0.1) is 0 Å². The zero-order valence-electron chi connectivity index (χ0n) is 6.02. The van der Waals surface area contributed by atoms with Crippen molar-refractivity contribution >= 4 is 0 Å². The molecular formula is C7H5N3O2. The lowest BCUT2D eigenvalue weighted by Crippen LogP contribution is -2.02. The maximum absolute atomic E-state index is 10.8. The van der Waals surface area contributed by atoms with Crippen LogP contribution in [-0.4, -0.2) is 15.1 Å². The van der Waals surface area contributed by atoms with Gasteiger partial charge in [-0.1, -0.05) is 5.16 Å². The molecule has 0 saturated heterocycles. The van der Waals surface area contributed by atoms with Crippen molar-refractivity contribution in [2.24, 2.45) is 0 Å². The van der Waals surface area contributed by atoms with Gasteiger partial charge < -0.3 is 9.51 Å². The van der Waals surface area contributed by atoms with E-state index in [0.717, 1.165) is 0 Å². The Balaban J connectivity index is 2.55. The summed E-state index contributed by atoms with van der Waals surface area (Å²) in [6.07, 6.45) is 2.75. The summed E-state index contributed by atoms with van der Waals surface area (Å²) in [5, 5.41) is 3.59. The van der Waals surface area contributed by atoms with Crippen molar-refractivity contribution in [3.63, 3.8) is 0 Å². The topological polar surface area (TPSA) is 71.8 Å². The molecule has 0 atom stereocenters. The van der Waals surface area contributed by atoms with Crippen molar-refractivity contribution in [3.8, 4) is 11.4 Å². The van der Waals surface area contributed by atoms with E-state index < -0.39 is 0 Å². The lowest BCUT2D eigenvalue weighted by Gasteiger charge is -1.89. The number of hydrogen-bond donors (Lipinski definition) is 1. The first-order valence-corrected chi connectivity index (χ1v) is 3.32. The highest BCUT2D eigenvalue weighted by molar-refractivity contribution is 5.52. The summed E-state index contributed by atoms with van der Waals surface area (Å²) in [7, 11) is 0. The number of nitrogens with zero attached hydrogens (tertiary/aromatic N) is 2. The standard InChI is InChI=1S/C7H5N3O2/c11-6-3-5(1-2-8-6)7-9-4-12-10-7/h1-4H,(H,8,11). The Bertz CT molecular complexity index is 418. The first kappa shape index (κ1) is 6.78. The number of aromatic amines is 1. The van der Waals surface area contributed by atoms with E-state index in [1.165, 1.54) is 18.7 Å². The van der Waals surface area contributed by atoms with Crippen LogP contribution in [0.1, 0.15) is 0 Å². The number of nitrogens with one attached hydrogen (secondary N) is 1. The smallest absolute Gasteiger partial charge is 0.248 e. The lowest BCUT2D eigenvalue weighted by atomic mass is 10.2. The van der Waals surface area contributed by atoms with Crippen LogP contribution >= 0.6 is 0 Å². The van der Waals surface area contributed by atoms with E-state index >= 15 is 0 Å². The normalized spacial score (nSPS) is 10.0. The quantitative estimate of drug-likeness (QED) is 0.661. The van der Waals surface area contributed by atoms with Gasteiger partial charge in [0.25, 0.3) is 0 Å². The van der Waals surface area contributed by atoms with E-state index in [2.05, 4.69) is 19.6 Å². The predicted octanol–water partition coefficient (Wildman–Crippen LogP) is 0.425. The first-order valence-electron chi connectivity index (χ1n) is 3.32. The van der Waals surface area contributed by atoms with Crippen molar-refractivity contribution in [2.45, 2.75) is 0 Å². The van der Waals surface area contributed by atoms with Crippen LogP contribution in [0.25, 0.3) is 11.4 Å². The fourth-order valence-corrected chi connectivity index (χ4v) is 0.881. The molecule has 0 amide bonds. The van der Waals surface area contributed by atoms with Gasteiger partial charge in [0.2, 0.25) is 17.8 Å². The molecule has 60 valence electrons. The Morgan fingerprint density at radius 1 is 1.50 bits per heavy atom. The average molecular weight is 163 g/mol. The Labute approximate surface area is 67.1 Å². The third-order valence-corrected chi connectivity index (χ3v) is 1.39. The van der Waals surface area contributed by atoms with Crippen LogP contribution in [-0.2, 0) is 0 Å². The Hall–Kier alpha value is -1.91. The van der Waals surface area contributed by atoms with Gasteiger partial charge in [-0.05, 0) is 6.07 Å². The van der Waals surface area contributed by atoms with Crippen molar-refractivity contribution in [1.82, 2.24) is 15.1 Å². The lowest BCUT2D eigenvalue weighted by molar-refractivity contribution is 0.419. The molecule has 0 unspecified atom stereocenters. The molecule has 2 aromatic heterocycles. The van der Waals surface area contributed by atoms with E-state index in [0.29, 0.717) is 11.4 Å². The largest absolute Gasteiger partial charge is 0.342 e. The molecule has 0 radical (unpaired) electrons. The average Bonchev–Trinajstić information content (AvgIpc) is 2.56. The van der Waals surface area contributed by atoms with Gasteiger partial charge in [-0.15, -0.1) is 0 Å². The van der Waals surface area contributed by atoms with Gasteiger partial charge in [-0.3, -0.25) is 4.79 Å². The highest BCUT2D eigenvalue weighted by Gasteiger charge is 2.01. The molecule has 2 rings (SSSR count). The second-order valence-corrected chi connectivity index (χ2v) is 2.20. The molecule has 2 heterocycles. The Morgan fingerprint density at radius 2 is 2.42 bits per heavy atom. The molecule has 0 spiro atoms. The molecule has 5 nitrogen and oxygen atoms in total. The molecule has 0 aliphatic carbocycles. The van der Waals surface area contributed by atoms with Gasteiger partial charge in [0, 0.05) is 17.8 Å². The number of pyridine rings is 1. The summed E-state index contributed by atoms with van der Waals surface area (Å²) in [4.78, 5) is 17.1. The van der Waals surface area contributed by atoms with E-state index in [4.69, 9.17) is 0 Å². The van der Waals surface area contributed by atoms with Crippen molar-refractivity contribution in [2.75, 3.05) is 0 Å². The van der Waals surface area contributed by atoms with Crippen LogP contribution in [0.15, 0.2) is 34.0 Å². The summed E-state index contributed by atoms with van der Waals surface area (Å²) in [5.41, 5.74) is 0.463. The van der Waals surface area contributed by atoms with Crippen LogP contribution in [0.3, 0.4) is 0 Å². The highest BCUT2D eigenvalue weighted by atomic mass is 16.5. The molecular weight excluding hydrogens is 158 g/mol. The van der Waals surface area contributed by atoms with E-state index in [9.17, 15) is 4.79 Å². The van der Waals surface area contributed by atoms with Crippen LogP contribution < -0.4 is 5.56 Å². The van der Waals surface area contributed by atoms with Crippen molar-refractivity contribution in [1.29, 1.82) is 0 Å². The second-order valence-electron chi connectivity index (χ2n) is 2.20. The Morgan fingerprint density at radius 3 is 3.08 bits per heavy atom. The fraction of sp³-hybridized carbons (Fsp3) is 0. The summed E-state index contributed by atoms with van der Waals surface area (Å²) >= 11 is 0. The van der Waals surface area contributed by atoms with Gasteiger partial charge in [-0.2, -0.15) is 4.98 Å². The van der Waals surface area contributed by atoms with Crippen LogP contribution in [0.4, 0.5) is 0 Å². The molecule has 0 fully saturated rings. The van der Waals surface area contributed by atoms with Gasteiger partial charge >= 0.3 is 0 Å². The molecule has 0 aliphatic rings. The molecule has 12 heavy (non-hydrogen) atoms. The van der Waals surface area contributed by atoms with Crippen molar-refractivity contribution < 1.29 is 4.52 Å². The summed E-state index contributed by atoms with van der Waals surface area (Å²) in [6.45, 7) is 0. The molecule has 0 bridgehead atoms. The zero-order valence-corrected chi connectivity index (χ0v) is 6.02. The van der Waals surface area contributed by atoms with Gasteiger partial charge in [-0.25, -0.2) is 0 Å². The highest BCUT2D eigenvalue weighted by Crippen LogP contribution is 2.09. The predicted molar refractivity (Wildman–Crippen MR) is 40.4 cm³/mol. The summed E-state index contributed by atoms with van der Waals surface area (Å²) < 4.78 is 4.54. The van der Waals surface area contributed by atoms with E-state index in [1.54, 1.807) is 6.07 Å². The van der Waals surface area contributed by atoms with E-state index in [1.807, 2.05) is 0 Å². The Kier molecular flexibility index (Phi) is 1.48. The number of H-pyrrole nitrogens is 1. The third kappa shape index (κ3) is 1.12. The monoisotopic (exact) mass is 163 g/mol. The molecule has 0 saturated carbocycles. The minimum absolute atomic E-state index is 0.183. The van der Waals surface area contributed by atoms with Gasteiger partial charge in [0.05, 0.1) is 0 Å². The number of aromatic nitrogens is 3. The molecule has 2 aromatic rings. The third-order valence-electron chi connectivity index (χ3n) is 1.39. The maximum atomic E-state index is 10.8. The van der Waals surface area contributed by atoms with Crippen LogP contribution in [0.5, 0.6) is 0 Å². The molecule has 0 aliphatic heterocycles. The van der Waals surface area contributed by atoms with Gasteiger partial charge in [0.15, 0.2) is 0 Å². The first-order chi connectivity index (χ1) is 5.86. The maximum Gasteiger partial charge on any atom is 0.248 e. The van der Waals surface area contributed by atoms with Crippen molar-refractivity contribution in [3.05, 3.63) is 35.1 Å². The number of hydrogen-bond acceptors (Lipinski definition) is 4. The molecule has 1 N–H and O–H groups in total. The SMILES string of the molecule is O=c1cc(-c2ncon2)cc[nH]1.